The summed E-state index contributed by atoms with van der Waals surface area (Å²) in [5.74, 6) is -0.304. The number of anilines is 2. The molecule has 3 aromatic heterocycles. The second-order valence-corrected chi connectivity index (χ2v) is 24.7. The van der Waals surface area contributed by atoms with Crippen LogP contribution in [0, 0.1) is 18.7 Å². The van der Waals surface area contributed by atoms with Gasteiger partial charge in [0.1, 0.15) is 41.4 Å². The second kappa shape index (κ2) is 35.3. The van der Waals surface area contributed by atoms with Gasteiger partial charge in [0.05, 0.1) is 114 Å². The number of likely N-dealkylation sites (N-methyl/N-ethyl adjacent to an activating group) is 1. The maximum Gasteiger partial charge on any atom is 0.254 e. The molecule has 95 heavy (non-hydrogen) atoms. The van der Waals surface area contributed by atoms with Gasteiger partial charge in [0.15, 0.2) is 11.6 Å². The first-order valence-corrected chi connectivity index (χ1v) is 33.4. The lowest BCUT2D eigenvalue weighted by Gasteiger charge is -2.35. The Morgan fingerprint density at radius 3 is 2.13 bits per heavy atom. The number of piperazine rings is 1. The topological polar surface area (TPSA) is 264 Å². The summed E-state index contributed by atoms with van der Waals surface area (Å²) in [5, 5.41) is 22.9. The zero-order chi connectivity index (χ0) is 67.4. The van der Waals surface area contributed by atoms with Crippen LogP contribution in [0.4, 0.5) is 16.2 Å². The summed E-state index contributed by atoms with van der Waals surface area (Å²) in [7, 11) is 3.31. The number of likely N-dealkylation sites (tertiary alicyclic amines) is 1. The Morgan fingerprint density at radius 1 is 0.821 bits per heavy atom. The van der Waals surface area contributed by atoms with Gasteiger partial charge in [-0.25, -0.2) is 14.4 Å². The van der Waals surface area contributed by atoms with Crippen LogP contribution in [0.2, 0.25) is 5.02 Å². The average Bonchev–Trinajstić information content (AvgIpc) is 1.39. The minimum absolute atomic E-state index is 0.0180. The summed E-state index contributed by atoms with van der Waals surface area (Å²) < 4.78 is 67.9. The first-order valence-electron chi connectivity index (χ1n) is 32.2. The fourth-order valence-corrected chi connectivity index (χ4v) is 12.7. The monoisotopic (exact) mass is 1350 g/mol. The van der Waals surface area contributed by atoms with E-state index in [0.717, 1.165) is 21.7 Å². The van der Waals surface area contributed by atoms with E-state index in [9.17, 15) is 24.3 Å². The molecule has 0 radical (unpaired) electrons. The third-order valence-corrected chi connectivity index (χ3v) is 17.9. The molecular formula is C68H86ClFN10O14S. The molecule has 27 heteroatoms. The Labute approximate surface area is 561 Å². The fourth-order valence-electron chi connectivity index (χ4n) is 11.6. The van der Waals surface area contributed by atoms with Gasteiger partial charge in [0.25, 0.3) is 5.88 Å². The van der Waals surface area contributed by atoms with Gasteiger partial charge in [-0.1, -0.05) is 61.8 Å². The number of carbonyl (C=O) groups is 4. The zero-order valence-corrected chi connectivity index (χ0v) is 56.6. The number of nitrogens with one attached hydrogen (secondary N) is 2. The molecule has 24 nitrogen and oxygen atoms in total. The van der Waals surface area contributed by atoms with E-state index in [0.29, 0.717) is 164 Å². The largest absolute Gasteiger partial charge is 0.508 e. The number of aryl methyl sites for hydroxylation is 1. The van der Waals surface area contributed by atoms with Crippen molar-refractivity contribution in [1.82, 2.24) is 40.1 Å². The number of hydrogen-bond acceptors (Lipinski definition) is 21. The van der Waals surface area contributed by atoms with Gasteiger partial charge in [-0.3, -0.25) is 19.2 Å². The van der Waals surface area contributed by atoms with Crippen molar-refractivity contribution < 1.29 is 71.1 Å². The van der Waals surface area contributed by atoms with E-state index in [2.05, 4.69) is 25.8 Å². The molecule has 2 aliphatic rings. The summed E-state index contributed by atoms with van der Waals surface area (Å²) in [6, 6.07) is 18.6. The van der Waals surface area contributed by atoms with Crippen molar-refractivity contribution in [1.29, 1.82) is 0 Å². The lowest BCUT2D eigenvalue weighted by molar-refractivity contribution is -0.141. The number of methoxy groups -OCH3 is 1. The highest BCUT2D eigenvalue weighted by molar-refractivity contribution is 7.13. The van der Waals surface area contributed by atoms with E-state index < -0.39 is 17.8 Å². The predicted molar refractivity (Wildman–Crippen MR) is 359 cm³/mol. The van der Waals surface area contributed by atoms with E-state index >= 15 is 4.39 Å². The SMILES string of the molecule is COc1cc(-c2scnc2C)ccc1[C@H](C)NC(=O)[C@@H]1CCCN1C(=O)C(c1cc(OCCOCCOCCOCCOCCOCCOCCN(C)C(=O)CCNc2nc(N3CCN(C(C)=O)CC3)c3cc(Cl)c(-c4cc(O)cc5ccccc45)c(F)c3n2)no1)C(C)C. The van der Waals surface area contributed by atoms with Crippen molar-refractivity contribution in [2.45, 2.75) is 71.9 Å². The number of halogens is 2. The predicted octanol–water partition coefficient (Wildman–Crippen LogP) is 9.09. The van der Waals surface area contributed by atoms with Crippen LogP contribution in [0.15, 0.2) is 76.8 Å². The first-order chi connectivity index (χ1) is 46.0. The van der Waals surface area contributed by atoms with Crippen LogP contribution in [-0.4, -0.2) is 215 Å². The van der Waals surface area contributed by atoms with Crippen LogP contribution in [0.25, 0.3) is 43.2 Å². The number of fused-ring (bicyclic) bond motifs is 2. The zero-order valence-electron chi connectivity index (χ0n) is 55.0. The lowest BCUT2D eigenvalue weighted by Crippen LogP contribution is -2.48. The van der Waals surface area contributed by atoms with Crippen molar-refractivity contribution >= 4 is 80.0 Å². The van der Waals surface area contributed by atoms with Crippen molar-refractivity contribution in [3.63, 3.8) is 0 Å². The molecule has 3 atom stereocenters. The standard InChI is InChI=1S/C68H86ClFN10O14S/c1-43(2)60(67(85)80-18-10-13-55(80)66(84)73-44(3)50-15-14-48(38-56(50)86-7)64-45(4)72-42-95-64)57-41-58(76-94-57)93-36-35-92-34-33-91-32-31-90-30-29-89-28-27-88-26-25-87-24-23-77(6)59(83)16-17-71-68-74-63-53(65(75-68)79-21-19-78(20-22-79)46(5)81)40-54(69)61(62(63)70)52-39-49(82)37-47-11-8-9-12-51(47)52/h8-9,11-12,14-15,37-44,55,60,82H,10,13,16-36H2,1-7H3,(H,73,84)(H,71,74,75)/t44-,55-,60?/m0/s1. The van der Waals surface area contributed by atoms with Crippen molar-refractivity contribution in [2.24, 2.45) is 5.92 Å². The van der Waals surface area contributed by atoms with Crippen LogP contribution in [0.5, 0.6) is 17.4 Å². The number of ether oxygens (including phenoxy) is 8. The molecule has 0 bridgehead atoms. The number of benzene rings is 4. The van der Waals surface area contributed by atoms with Crippen molar-refractivity contribution in [2.75, 3.05) is 156 Å². The van der Waals surface area contributed by atoms with E-state index in [1.165, 1.54) is 13.0 Å². The highest BCUT2D eigenvalue weighted by Crippen LogP contribution is 2.43. The Balaban J connectivity index is 0.584. The molecular weight excluding hydrogens is 1270 g/mol. The molecule has 2 aliphatic heterocycles. The van der Waals surface area contributed by atoms with Crippen molar-refractivity contribution in [3.05, 3.63) is 100 Å². The maximum absolute atomic E-state index is 17.0. The Bertz CT molecular complexity index is 3700. The number of hydrogen-bond donors (Lipinski definition) is 3. The molecule has 2 saturated heterocycles. The van der Waals surface area contributed by atoms with Crippen LogP contribution >= 0.6 is 22.9 Å². The second-order valence-electron chi connectivity index (χ2n) is 23.5. The molecule has 4 aromatic carbocycles. The smallest absolute Gasteiger partial charge is 0.254 e. The minimum atomic E-state index is -0.682. The third-order valence-electron chi connectivity index (χ3n) is 16.6. The van der Waals surface area contributed by atoms with Gasteiger partial charge in [0, 0.05) is 88.8 Å². The lowest BCUT2D eigenvalue weighted by atomic mass is 9.91. The molecule has 4 amide bonds. The van der Waals surface area contributed by atoms with E-state index in [-0.39, 0.29) is 95.4 Å². The van der Waals surface area contributed by atoms with Crippen molar-refractivity contribution in [3.8, 4) is 38.9 Å². The number of carbonyl (C=O) groups excluding carboxylic acids is 4. The van der Waals surface area contributed by atoms with Crippen LogP contribution in [0.1, 0.15) is 75.9 Å². The fraction of sp³-hybridized carbons (Fsp3) is 0.500. The number of aromatic hydroxyl groups is 1. The Morgan fingerprint density at radius 2 is 1.48 bits per heavy atom. The van der Waals surface area contributed by atoms with Gasteiger partial charge < -0.3 is 77.8 Å². The number of amides is 4. The summed E-state index contributed by atoms with van der Waals surface area (Å²) in [6.45, 7) is 16.6. The molecule has 9 rings (SSSR count). The maximum atomic E-state index is 17.0. The molecule has 7 aromatic rings. The number of thiazole rings is 1. The molecule has 0 aliphatic carbocycles. The normalized spacial score (nSPS) is 14.8. The van der Waals surface area contributed by atoms with Crippen LogP contribution in [0.3, 0.4) is 0 Å². The summed E-state index contributed by atoms with van der Waals surface area (Å²) in [5.41, 5.74) is 5.10. The Kier molecular flexibility index (Phi) is 26.5. The van der Waals surface area contributed by atoms with Crippen LogP contribution < -0.4 is 25.0 Å². The summed E-state index contributed by atoms with van der Waals surface area (Å²) in [4.78, 5) is 75.0. The van der Waals surface area contributed by atoms with Gasteiger partial charge in [-0.05, 0) is 83.9 Å². The molecule has 0 saturated carbocycles. The van der Waals surface area contributed by atoms with Gasteiger partial charge in [0.2, 0.25) is 29.6 Å². The van der Waals surface area contributed by atoms with E-state index in [4.69, 9.17) is 59.0 Å². The summed E-state index contributed by atoms with van der Waals surface area (Å²) in [6.07, 6.45) is 1.35. The number of nitrogens with zero attached hydrogens (tertiary/aromatic N) is 8. The highest BCUT2D eigenvalue weighted by Gasteiger charge is 2.41. The highest BCUT2D eigenvalue weighted by atomic mass is 35.5. The number of aromatic nitrogens is 4. The number of rotatable bonds is 36. The van der Waals surface area contributed by atoms with Gasteiger partial charge >= 0.3 is 0 Å². The van der Waals surface area contributed by atoms with E-state index in [1.807, 2.05) is 80.6 Å². The third kappa shape index (κ3) is 19.0. The Hall–Kier alpha value is -7.82. The number of phenolic OH excluding ortho intramolecular Hbond substituents is 1. The van der Waals surface area contributed by atoms with Gasteiger partial charge in [-0.15, -0.1) is 11.3 Å². The minimum Gasteiger partial charge on any atom is -0.508 e. The molecule has 512 valence electrons. The quantitative estimate of drug-likeness (QED) is 0.0309. The molecule has 0 spiro atoms. The molecule has 5 heterocycles. The van der Waals surface area contributed by atoms with Crippen LogP contribution in [-0.2, 0) is 47.6 Å². The number of phenols is 1. The molecule has 3 N–H and O–H groups in total. The molecule has 1 unspecified atom stereocenters. The van der Waals surface area contributed by atoms with E-state index in [1.54, 1.807) is 58.4 Å². The van der Waals surface area contributed by atoms with Gasteiger partial charge in [-0.2, -0.15) is 4.98 Å². The first kappa shape index (κ1) is 71.5. The average molecular weight is 1350 g/mol. The molecule has 2 fully saturated rings. The summed E-state index contributed by atoms with van der Waals surface area (Å²) >= 11 is 8.44.